The van der Waals surface area contributed by atoms with Crippen molar-refractivity contribution in [1.82, 2.24) is 0 Å². The number of nitrogens with two attached hydrogens (primary N) is 1. The molecule has 0 bridgehead atoms. The Hall–Kier alpha value is -1.60. The summed E-state index contributed by atoms with van der Waals surface area (Å²) in [6, 6.07) is 19.8. The Kier molecular flexibility index (Phi) is 3.86. The summed E-state index contributed by atoms with van der Waals surface area (Å²) in [7, 11) is 0. The van der Waals surface area contributed by atoms with E-state index in [-0.39, 0.29) is 11.5 Å². The van der Waals surface area contributed by atoms with Gasteiger partial charge in [0.05, 0.1) is 0 Å². The summed E-state index contributed by atoms with van der Waals surface area (Å²) in [5.41, 5.74) is 10.9. The molecule has 0 saturated heterocycles. The molecule has 0 amide bonds. The molecule has 110 valence electrons. The highest BCUT2D eigenvalue weighted by atomic mass is 14.7. The summed E-state index contributed by atoms with van der Waals surface area (Å²) in [6.45, 7) is 4.46. The van der Waals surface area contributed by atoms with Crippen molar-refractivity contribution in [2.75, 3.05) is 0 Å². The lowest BCUT2D eigenvalue weighted by molar-refractivity contribution is 0.196. The van der Waals surface area contributed by atoms with Crippen molar-refractivity contribution in [2.24, 2.45) is 5.73 Å². The minimum atomic E-state index is 0.0925. The molecule has 1 aliphatic rings. The number of hydrogen-bond acceptors (Lipinski definition) is 1. The molecule has 0 heterocycles. The first kappa shape index (κ1) is 14.3. The Morgan fingerprint density at radius 3 is 1.90 bits per heavy atom. The molecule has 21 heavy (non-hydrogen) atoms. The predicted octanol–water partition coefficient (Wildman–Crippen LogP) is 4.93. The molecule has 1 atom stereocenters. The van der Waals surface area contributed by atoms with Crippen LogP contribution in [0, 0.1) is 0 Å². The second-order valence-corrected chi connectivity index (χ2v) is 6.67. The quantitative estimate of drug-likeness (QED) is 0.843. The Bertz CT molecular complexity index is 579. The zero-order valence-corrected chi connectivity index (χ0v) is 13.0. The highest BCUT2D eigenvalue weighted by Crippen LogP contribution is 2.51. The average molecular weight is 279 g/mol. The van der Waals surface area contributed by atoms with E-state index < -0.39 is 0 Å². The largest absolute Gasteiger partial charge is 0.323 e. The molecule has 2 aromatic rings. The third-order valence-electron chi connectivity index (χ3n) is 5.15. The summed E-state index contributed by atoms with van der Waals surface area (Å²) in [4.78, 5) is 0. The number of rotatable bonds is 4. The van der Waals surface area contributed by atoms with Crippen molar-refractivity contribution in [3.63, 3.8) is 0 Å². The van der Waals surface area contributed by atoms with Crippen molar-refractivity contribution in [3.8, 4) is 0 Å². The van der Waals surface area contributed by atoms with Gasteiger partial charge in [0, 0.05) is 11.5 Å². The molecule has 0 spiro atoms. The highest BCUT2D eigenvalue weighted by molar-refractivity contribution is 5.36. The highest BCUT2D eigenvalue weighted by Gasteiger charge is 2.44. The van der Waals surface area contributed by atoms with Crippen LogP contribution in [0.2, 0.25) is 0 Å². The van der Waals surface area contributed by atoms with Crippen LogP contribution in [-0.4, -0.2) is 0 Å². The molecule has 3 rings (SSSR count). The van der Waals surface area contributed by atoms with Crippen LogP contribution in [0.5, 0.6) is 0 Å². The average Bonchev–Trinajstić information content (AvgIpc) is 2.47. The maximum absolute atomic E-state index is 6.69. The third kappa shape index (κ3) is 2.51. The van der Waals surface area contributed by atoms with Gasteiger partial charge in [-0.2, -0.15) is 0 Å². The van der Waals surface area contributed by atoms with Crippen LogP contribution < -0.4 is 5.73 Å². The minimum absolute atomic E-state index is 0.0925. The first-order valence-corrected chi connectivity index (χ1v) is 8.04. The van der Waals surface area contributed by atoms with Crippen LogP contribution in [0.3, 0.4) is 0 Å². The monoisotopic (exact) mass is 279 g/mol. The Morgan fingerprint density at radius 2 is 1.43 bits per heavy atom. The summed E-state index contributed by atoms with van der Waals surface area (Å²) in [5, 5.41) is 0. The smallest absolute Gasteiger partial charge is 0.0393 e. The van der Waals surface area contributed by atoms with Gasteiger partial charge in [-0.25, -0.2) is 0 Å². The maximum atomic E-state index is 6.69. The molecule has 1 aliphatic carbocycles. The maximum Gasteiger partial charge on any atom is 0.0393 e. The van der Waals surface area contributed by atoms with Gasteiger partial charge in [-0.1, -0.05) is 74.9 Å². The lowest BCUT2D eigenvalue weighted by atomic mass is 9.59. The van der Waals surface area contributed by atoms with E-state index >= 15 is 0 Å². The topological polar surface area (TPSA) is 26.0 Å². The van der Waals surface area contributed by atoms with Gasteiger partial charge in [-0.3, -0.25) is 0 Å². The second-order valence-electron chi connectivity index (χ2n) is 6.67. The first-order valence-electron chi connectivity index (χ1n) is 8.04. The Balaban J connectivity index is 1.91. The molecular weight excluding hydrogens is 254 g/mol. The van der Waals surface area contributed by atoms with Crippen LogP contribution in [0.25, 0.3) is 0 Å². The van der Waals surface area contributed by atoms with Crippen molar-refractivity contribution < 1.29 is 0 Å². The lowest BCUT2D eigenvalue weighted by Crippen LogP contribution is -2.44. The van der Waals surface area contributed by atoms with Gasteiger partial charge < -0.3 is 5.73 Å². The molecule has 1 heteroatoms. The van der Waals surface area contributed by atoms with Gasteiger partial charge in [0.2, 0.25) is 0 Å². The van der Waals surface area contributed by atoms with Gasteiger partial charge in [0.15, 0.2) is 0 Å². The van der Waals surface area contributed by atoms with Gasteiger partial charge in [0.1, 0.15) is 0 Å². The fourth-order valence-corrected chi connectivity index (χ4v) is 3.51. The summed E-state index contributed by atoms with van der Waals surface area (Å²) < 4.78 is 0. The molecule has 1 fully saturated rings. The van der Waals surface area contributed by atoms with Crippen LogP contribution in [0.1, 0.15) is 61.8 Å². The molecule has 1 saturated carbocycles. The van der Waals surface area contributed by atoms with Crippen molar-refractivity contribution in [3.05, 3.63) is 71.3 Å². The van der Waals surface area contributed by atoms with E-state index in [9.17, 15) is 0 Å². The zero-order chi connectivity index (χ0) is 14.9. The first-order chi connectivity index (χ1) is 10.1. The molecule has 0 radical (unpaired) electrons. The fourth-order valence-electron chi connectivity index (χ4n) is 3.51. The minimum Gasteiger partial charge on any atom is -0.323 e. The molecule has 1 unspecified atom stereocenters. The van der Waals surface area contributed by atoms with E-state index in [0.717, 1.165) is 0 Å². The third-order valence-corrected chi connectivity index (χ3v) is 5.15. The van der Waals surface area contributed by atoms with Crippen molar-refractivity contribution in [2.45, 2.75) is 50.5 Å². The molecule has 2 N–H and O–H groups in total. The number of benzene rings is 2. The molecule has 0 aromatic heterocycles. The van der Waals surface area contributed by atoms with Crippen molar-refractivity contribution >= 4 is 0 Å². The van der Waals surface area contributed by atoms with Crippen LogP contribution in [-0.2, 0) is 5.41 Å². The van der Waals surface area contributed by atoms with E-state index in [4.69, 9.17) is 5.73 Å². The molecule has 0 aliphatic heterocycles. The van der Waals surface area contributed by atoms with Crippen LogP contribution in [0.4, 0.5) is 0 Å². The van der Waals surface area contributed by atoms with E-state index in [1.165, 1.54) is 36.0 Å². The fraction of sp³-hybridized carbons (Fsp3) is 0.400. The SMILES string of the molecule is CC(C)c1ccc(C(N)C2(c3ccccc3)CCC2)cc1. The van der Waals surface area contributed by atoms with Gasteiger partial charge in [0.25, 0.3) is 0 Å². The van der Waals surface area contributed by atoms with Crippen molar-refractivity contribution in [1.29, 1.82) is 0 Å². The van der Waals surface area contributed by atoms with E-state index in [2.05, 4.69) is 68.4 Å². The normalized spacial score (nSPS) is 18.3. The number of hydrogen-bond donors (Lipinski definition) is 1. The second kappa shape index (κ2) is 5.65. The van der Waals surface area contributed by atoms with Crippen LogP contribution in [0.15, 0.2) is 54.6 Å². The molecular formula is C20H25N. The Morgan fingerprint density at radius 1 is 0.857 bits per heavy atom. The zero-order valence-electron chi connectivity index (χ0n) is 13.0. The van der Waals surface area contributed by atoms with E-state index in [1.54, 1.807) is 0 Å². The van der Waals surface area contributed by atoms with Crippen LogP contribution >= 0.6 is 0 Å². The Labute approximate surface area is 128 Å². The van der Waals surface area contributed by atoms with Gasteiger partial charge in [-0.05, 0) is 35.4 Å². The standard InChI is InChI=1S/C20H25N/c1-15(2)16-9-11-17(12-10-16)19(21)20(13-6-14-20)18-7-4-3-5-8-18/h3-5,7-12,15,19H,6,13-14,21H2,1-2H3. The molecule has 1 nitrogen and oxygen atoms in total. The van der Waals surface area contributed by atoms with Gasteiger partial charge in [-0.15, -0.1) is 0 Å². The molecule has 2 aromatic carbocycles. The van der Waals surface area contributed by atoms with E-state index in [1.807, 2.05) is 0 Å². The summed E-state index contributed by atoms with van der Waals surface area (Å²) >= 11 is 0. The lowest BCUT2D eigenvalue weighted by Gasteiger charge is -2.47. The predicted molar refractivity (Wildman–Crippen MR) is 89.4 cm³/mol. The summed E-state index contributed by atoms with van der Waals surface area (Å²) in [6.07, 6.45) is 3.68. The van der Waals surface area contributed by atoms with E-state index in [0.29, 0.717) is 5.92 Å². The van der Waals surface area contributed by atoms with Gasteiger partial charge >= 0.3 is 0 Å². The summed E-state index contributed by atoms with van der Waals surface area (Å²) in [5.74, 6) is 0.571.